The van der Waals surface area contributed by atoms with Gasteiger partial charge in [-0.25, -0.2) is 0 Å². The average Bonchev–Trinajstić information content (AvgIpc) is 2.23. The summed E-state index contributed by atoms with van der Waals surface area (Å²) in [6, 6.07) is 9.42. The van der Waals surface area contributed by atoms with Crippen LogP contribution in [0.2, 0.25) is 0 Å². The maximum Gasteiger partial charge on any atom is 0.0372 e. The van der Waals surface area contributed by atoms with Crippen molar-refractivity contribution in [3.8, 4) is 0 Å². The Labute approximate surface area is 106 Å². The lowest BCUT2D eigenvalue weighted by atomic mass is 9.78. The number of benzene rings is 1. The molecule has 1 nitrogen and oxygen atoms in total. The Balaban J connectivity index is 2.39. The van der Waals surface area contributed by atoms with Gasteiger partial charge >= 0.3 is 0 Å². The molecule has 2 rings (SSSR count). The summed E-state index contributed by atoms with van der Waals surface area (Å²) in [4.78, 5) is 0. The number of hydrogen-bond acceptors (Lipinski definition) is 1. The Morgan fingerprint density at radius 2 is 1.88 bits per heavy atom. The van der Waals surface area contributed by atoms with E-state index in [-0.39, 0.29) is 5.41 Å². The Hall–Kier alpha value is -0.820. The molecule has 94 valence electrons. The highest BCUT2D eigenvalue weighted by molar-refractivity contribution is 5.32. The van der Waals surface area contributed by atoms with E-state index in [9.17, 15) is 0 Å². The minimum absolute atomic E-state index is 0.271. The summed E-state index contributed by atoms with van der Waals surface area (Å²) in [7, 11) is 0. The molecule has 0 saturated heterocycles. The molecule has 1 aliphatic rings. The zero-order valence-corrected chi connectivity index (χ0v) is 11.6. The lowest BCUT2D eigenvalue weighted by Crippen LogP contribution is -2.37. The summed E-state index contributed by atoms with van der Waals surface area (Å²) >= 11 is 0. The van der Waals surface area contributed by atoms with Gasteiger partial charge in [0.15, 0.2) is 0 Å². The van der Waals surface area contributed by atoms with Gasteiger partial charge in [-0.2, -0.15) is 0 Å². The molecule has 17 heavy (non-hydrogen) atoms. The molecule has 2 atom stereocenters. The van der Waals surface area contributed by atoms with Crippen molar-refractivity contribution in [3.63, 3.8) is 0 Å². The molecule has 0 radical (unpaired) electrons. The first-order valence-electron chi connectivity index (χ1n) is 6.79. The fourth-order valence-electron chi connectivity index (χ4n) is 2.75. The van der Waals surface area contributed by atoms with Crippen molar-refractivity contribution in [3.05, 3.63) is 35.4 Å². The zero-order chi connectivity index (χ0) is 12.5. The Kier molecular flexibility index (Phi) is 3.58. The van der Waals surface area contributed by atoms with Crippen molar-refractivity contribution in [2.75, 3.05) is 6.54 Å². The predicted molar refractivity (Wildman–Crippen MR) is 74.1 cm³/mol. The van der Waals surface area contributed by atoms with Crippen LogP contribution in [0.3, 0.4) is 0 Å². The number of nitrogens with one attached hydrogen (secondary N) is 1. The van der Waals surface area contributed by atoms with E-state index in [2.05, 4.69) is 57.3 Å². The molecule has 1 aromatic rings. The van der Waals surface area contributed by atoms with Crippen LogP contribution in [0, 0.1) is 11.3 Å². The van der Waals surface area contributed by atoms with Gasteiger partial charge < -0.3 is 5.32 Å². The smallest absolute Gasteiger partial charge is 0.0372 e. The molecule has 0 spiro atoms. The summed E-state index contributed by atoms with van der Waals surface area (Å²) in [5.74, 6) is 0.771. The number of hydrogen-bond donors (Lipinski definition) is 1. The van der Waals surface area contributed by atoms with Gasteiger partial charge in [0, 0.05) is 6.04 Å². The SMILES string of the molecule is CC1CCc2ccccc2C(C(C)(C)C)NC1. The second-order valence-corrected chi connectivity index (χ2v) is 6.55. The monoisotopic (exact) mass is 231 g/mol. The van der Waals surface area contributed by atoms with Crippen molar-refractivity contribution in [1.29, 1.82) is 0 Å². The second kappa shape index (κ2) is 4.81. The fraction of sp³-hybridized carbons (Fsp3) is 0.625. The van der Waals surface area contributed by atoms with Crippen LogP contribution >= 0.6 is 0 Å². The summed E-state index contributed by atoms with van der Waals surface area (Å²) in [5, 5.41) is 3.77. The zero-order valence-electron chi connectivity index (χ0n) is 11.6. The number of aryl methyl sites for hydroxylation is 1. The molecular weight excluding hydrogens is 206 g/mol. The van der Waals surface area contributed by atoms with Gasteiger partial charge in [0.2, 0.25) is 0 Å². The third kappa shape index (κ3) is 2.90. The molecule has 1 heteroatoms. The largest absolute Gasteiger partial charge is 0.309 e. The standard InChI is InChI=1S/C16H25N/c1-12-9-10-13-7-5-6-8-14(13)15(17-11-12)16(2,3)4/h5-8,12,15,17H,9-11H2,1-4H3. The van der Waals surface area contributed by atoms with E-state index < -0.39 is 0 Å². The quantitative estimate of drug-likeness (QED) is 0.713. The topological polar surface area (TPSA) is 12.0 Å². The normalized spacial score (nSPS) is 25.9. The van der Waals surface area contributed by atoms with Crippen molar-refractivity contribution in [1.82, 2.24) is 5.32 Å². The van der Waals surface area contributed by atoms with Crippen LogP contribution in [-0.2, 0) is 6.42 Å². The van der Waals surface area contributed by atoms with Crippen LogP contribution in [0.1, 0.15) is 51.3 Å². The highest BCUT2D eigenvalue weighted by Crippen LogP contribution is 2.36. The lowest BCUT2D eigenvalue weighted by molar-refractivity contribution is 0.253. The van der Waals surface area contributed by atoms with Gasteiger partial charge in [0.25, 0.3) is 0 Å². The van der Waals surface area contributed by atoms with E-state index in [1.54, 1.807) is 0 Å². The molecule has 1 aliphatic heterocycles. The van der Waals surface area contributed by atoms with Crippen LogP contribution in [0.5, 0.6) is 0 Å². The molecule has 0 aromatic heterocycles. The maximum atomic E-state index is 3.77. The Morgan fingerprint density at radius 3 is 2.59 bits per heavy atom. The molecule has 0 aliphatic carbocycles. The molecular formula is C16H25N. The molecule has 1 heterocycles. The van der Waals surface area contributed by atoms with Crippen molar-refractivity contribution < 1.29 is 0 Å². The molecule has 2 unspecified atom stereocenters. The summed E-state index contributed by atoms with van der Waals surface area (Å²) < 4.78 is 0. The third-order valence-corrected chi connectivity index (χ3v) is 3.81. The van der Waals surface area contributed by atoms with Gasteiger partial charge in [-0.15, -0.1) is 0 Å². The van der Waals surface area contributed by atoms with Crippen molar-refractivity contribution in [2.24, 2.45) is 11.3 Å². The lowest BCUT2D eigenvalue weighted by Gasteiger charge is -2.36. The molecule has 1 N–H and O–H groups in total. The van der Waals surface area contributed by atoms with Crippen LogP contribution < -0.4 is 5.32 Å². The molecule has 0 saturated carbocycles. The van der Waals surface area contributed by atoms with Crippen molar-refractivity contribution in [2.45, 2.75) is 46.6 Å². The minimum atomic E-state index is 0.271. The predicted octanol–water partition coefficient (Wildman–Crippen LogP) is 3.95. The van der Waals surface area contributed by atoms with Crippen LogP contribution in [-0.4, -0.2) is 6.54 Å². The van der Waals surface area contributed by atoms with Crippen LogP contribution in [0.25, 0.3) is 0 Å². The van der Waals surface area contributed by atoms with E-state index >= 15 is 0 Å². The van der Waals surface area contributed by atoms with Crippen molar-refractivity contribution >= 4 is 0 Å². The molecule has 0 bridgehead atoms. The minimum Gasteiger partial charge on any atom is -0.309 e. The molecule has 0 amide bonds. The summed E-state index contributed by atoms with van der Waals surface area (Å²) in [6.07, 6.45) is 2.52. The van der Waals surface area contributed by atoms with Crippen LogP contribution in [0.4, 0.5) is 0 Å². The van der Waals surface area contributed by atoms with E-state index in [0.29, 0.717) is 6.04 Å². The molecule has 1 aromatic carbocycles. The number of fused-ring (bicyclic) bond motifs is 1. The first-order chi connectivity index (χ1) is 7.98. The summed E-state index contributed by atoms with van der Waals surface area (Å²) in [5.41, 5.74) is 3.31. The first-order valence-corrected chi connectivity index (χ1v) is 6.79. The Bertz CT molecular complexity index is 375. The highest BCUT2D eigenvalue weighted by Gasteiger charge is 2.29. The van der Waals surface area contributed by atoms with Gasteiger partial charge in [-0.05, 0) is 41.8 Å². The van der Waals surface area contributed by atoms with E-state index in [0.717, 1.165) is 12.5 Å². The van der Waals surface area contributed by atoms with E-state index in [4.69, 9.17) is 0 Å². The summed E-state index contributed by atoms with van der Waals surface area (Å²) in [6.45, 7) is 10.5. The van der Waals surface area contributed by atoms with Gasteiger partial charge in [0.1, 0.15) is 0 Å². The van der Waals surface area contributed by atoms with Crippen LogP contribution in [0.15, 0.2) is 24.3 Å². The van der Waals surface area contributed by atoms with Gasteiger partial charge in [0.05, 0.1) is 0 Å². The third-order valence-electron chi connectivity index (χ3n) is 3.81. The first kappa shape index (κ1) is 12.6. The highest BCUT2D eigenvalue weighted by atomic mass is 14.9. The average molecular weight is 231 g/mol. The van der Waals surface area contributed by atoms with E-state index in [1.165, 1.54) is 24.0 Å². The van der Waals surface area contributed by atoms with Gasteiger partial charge in [-0.1, -0.05) is 52.0 Å². The second-order valence-electron chi connectivity index (χ2n) is 6.55. The van der Waals surface area contributed by atoms with E-state index in [1.807, 2.05) is 0 Å². The maximum absolute atomic E-state index is 3.77. The fourth-order valence-corrected chi connectivity index (χ4v) is 2.75. The number of rotatable bonds is 0. The Morgan fingerprint density at radius 1 is 1.18 bits per heavy atom. The van der Waals surface area contributed by atoms with Gasteiger partial charge in [-0.3, -0.25) is 0 Å². The molecule has 0 fully saturated rings.